The van der Waals surface area contributed by atoms with Gasteiger partial charge in [-0.2, -0.15) is 0 Å². The Kier molecular flexibility index (Phi) is 4.69. The lowest BCUT2D eigenvalue weighted by atomic mass is 10.1. The smallest absolute Gasteiger partial charge is 0.325 e. The van der Waals surface area contributed by atoms with Crippen LogP contribution in [0.3, 0.4) is 0 Å². The lowest BCUT2D eigenvalue weighted by Crippen LogP contribution is -2.43. The normalized spacial score (nSPS) is 16.9. The van der Waals surface area contributed by atoms with Crippen molar-refractivity contribution in [3.63, 3.8) is 0 Å². The Labute approximate surface area is 117 Å². The summed E-state index contributed by atoms with van der Waals surface area (Å²) < 4.78 is 4.47. The highest BCUT2D eigenvalue weighted by atomic mass is 16.5. The summed E-state index contributed by atoms with van der Waals surface area (Å²) in [6.07, 6.45) is 0.0599. The SMILES string of the molecule is COC(=O)CCN(C)C(=O)CN1C(=O)NC(C)(C)C1=O. The predicted molar refractivity (Wildman–Crippen MR) is 68.6 cm³/mol. The van der Waals surface area contributed by atoms with Gasteiger partial charge in [-0.3, -0.25) is 19.3 Å². The van der Waals surface area contributed by atoms with Crippen LogP contribution in [0.1, 0.15) is 20.3 Å². The average Bonchev–Trinajstić information content (AvgIpc) is 2.57. The van der Waals surface area contributed by atoms with Crippen LogP contribution in [0.25, 0.3) is 0 Å². The van der Waals surface area contributed by atoms with Crippen LogP contribution in [0.5, 0.6) is 0 Å². The summed E-state index contributed by atoms with van der Waals surface area (Å²) in [5, 5.41) is 2.49. The highest BCUT2D eigenvalue weighted by Crippen LogP contribution is 2.16. The second kappa shape index (κ2) is 5.89. The van der Waals surface area contributed by atoms with E-state index in [1.54, 1.807) is 13.8 Å². The van der Waals surface area contributed by atoms with Crippen molar-refractivity contribution in [3.8, 4) is 0 Å². The summed E-state index contributed by atoms with van der Waals surface area (Å²) in [5.41, 5.74) is -0.998. The van der Waals surface area contributed by atoms with Gasteiger partial charge in [0.1, 0.15) is 12.1 Å². The summed E-state index contributed by atoms with van der Waals surface area (Å²) >= 11 is 0. The summed E-state index contributed by atoms with van der Waals surface area (Å²) in [5.74, 6) is -1.30. The van der Waals surface area contributed by atoms with Crippen molar-refractivity contribution in [2.45, 2.75) is 25.8 Å². The molecule has 1 aliphatic heterocycles. The molecule has 1 heterocycles. The van der Waals surface area contributed by atoms with Gasteiger partial charge in [0, 0.05) is 13.6 Å². The van der Waals surface area contributed by atoms with Crippen molar-refractivity contribution in [3.05, 3.63) is 0 Å². The van der Waals surface area contributed by atoms with E-state index in [9.17, 15) is 19.2 Å². The zero-order chi connectivity index (χ0) is 15.5. The van der Waals surface area contributed by atoms with Gasteiger partial charge in [0.15, 0.2) is 0 Å². The number of rotatable bonds is 5. The van der Waals surface area contributed by atoms with Crippen LogP contribution in [-0.2, 0) is 19.1 Å². The third kappa shape index (κ3) is 3.46. The number of esters is 1. The molecule has 0 radical (unpaired) electrons. The van der Waals surface area contributed by atoms with Crippen LogP contribution in [0.4, 0.5) is 4.79 Å². The lowest BCUT2D eigenvalue weighted by Gasteiger charge is -2.20. The number of nitrogens with one attached hydrogen (secondary N) is 1. The minimum absolute atomic E-state index is 0.0599. The van der Waals surface area contributed by atoms with Gasteiger partial charge < -0.3 is 15.0 Å². The standard InChI is InChI=1S/C12H19N3O5/c1-12(2)10(18)15(11(19)13-12)7-8(16)14(3)6-5-9(17)20-4/h5-7H2,1-4H3,(H,13,19). The number of methoxy groups -OCH3 is 1. The molecule has 1 N–H and O–H groups in total. The number of nitrogens with zero attached hydrogens (tertiary/aromatic N) is 2. The molecule has 4 amide bonds. The zero-order valence-electron chi connectivity index (χ0n) is 12.1. The molecule has 0 aromatic rings. The second-order valence-corrected chi connectivity index (χ2v) is 5.09. The largest absolute Gasteiger partial charge is 0.469 e. The molecule has 8 nitrogen and oxygen atoms in total. The third-order valence-electron chi connectivity index (χ3n) is 3.04. The molecule has 20 heavy (non-hydrogen) atoms. The number of likely N-dealkylation sites (N-methyl/N-ethyl adjacent to an activating group) is 1. The van der Waals surface area contributed by atoms with Gasteiger partial charge in [0.2, 0.25) is 5.91 Å². The maximum atomic E-state index is 11.9. The van der Waals surface area contributed by atoms with Crippen molar-refractivity contribution >= 4 is 23.8 Å². The van der Waals surface area contributed by atoms with Crippen molar-refractivity contribution < 1.29 is 23.9 Å². The number of urea groups is 1. The van der Waals surface area contributed by atoms with Gasteiger partial charge in [-0.15, -0.1) is 0 Å². The van der Waals surface area contributed by atoms with E-state index in [1.807, 2.05) is 0 Å². The second-order valence-electron chi connectivity index (χ2n) is 5.09. The molecule has 0 saturated carbocycles. The fourth-order valence-corrected chi connectivity index (χ4v) is 1.70. The third-order valence-corrected chi connectivity index (χ3v) is 3.04. The molecule has 1 rings (SSSR count). The van der Waals surface area contributed by atoms with Crippen molar-refractivity contribution in [1.82, 2.24) is 15.1 Å². The van der Waals surface area contributed by atoms with Crippen LogP contribution in [0.2, 0.25) is 0 Å². The Bertz CT molecular complexity index is 446. The van der Waals surface area contributed by atoms with E-state index in [0.717, 1.165) is 4.90 Å². The number of amides is 4. The van der Waals surface area contributed by atoms with Gasteiger partial charge in [-0.05, 0) is 13.8 Å². The highest BCUT2D eigenvalue weighted by Gasteiger charge is 2.45. The van der Waals surface area contributed by atoms with E-state index in [1.165, 1.54) is 19.1 Å². The number of carbonyl (C=O) groups is 4. The Hall–Kier alpha value is -2.12. The maximum Gasteiger partial charge on any atom is 0.325 e. The summed E-state index contributed by atoms with van der Waals surface area (Å²) in [4.78, 5) is 48.6. The molecule has 1 saturated heterocycles. The fourth-order valence-electron chi connectivity index (χ4n) is 1.70. The van der Waals surface area contributed by atoms with Crippen LogP contribution >= 0.6 is 0 Å². The molecular weight excluding hydrogens is 266 g/mol. The first-order valence-electron chi connectivity index (χ1n) is 6.14. The molecule has 0 aromatic carbocycles. The summed E-state index contributed by atoms with van der Waals surface area (Å²) in [7, 11) is 2.76. The first-order chi connectivity index (χ1) is 9.19. The molecule has 112 valence electrons. The molecule has 0 bridgehead atoms. The van der Waals surface area contributed by atoms with E-state index in [0.29, 0.717) is 0 Å². The van der Waals surface area contributed by atoms with E-state index in [4.69, 9.17) is 0 Å². The average molecular weight is 285 g/mol. The summed E-state index contributed by atoms with van der Waals surface area (Å²) in [6, 6.07) is -0.588. The quantitative estimate of drug-likeness (QED) is 0.534. The minimum atomic E-state index is -0.998. The van der Waals surface area contributed by atoms with E-state index >= 15 is 0 Å². The first kappa shape index (κ1) is 15.9. The molecule has 0 aliphatic carbocycles. The fraction of sp³-hybridized carbons (Fsp3) is 0.667. The summed E-state index contributed by atoms with van der Waals surface area (Å²) in [6.45, 7) is 2.96. The van der Waals surface area contributed by atoms with E-state index in [-0.39, 0.29) is 19.5 Å². The predicted octanol–water partition coefficient (Wildman–Crippen LogP) is -0.662. The van der Waals surface area contributed by atoms with Crippen molar-refractivity contribution in [2.75, 3.05) is 27.2 Å². The number of carbonyl (C=O) groups excluding carboxylic acids is 4. The van der Waals surface area contributed by atoms with Crippen molar-refractivity contribution in [2.24, 2.45) is 0 Å². The Morgan fingerprint density at radius 3 is 2.40 bits per heavy atom. The zero-order valence-corrected chi connectivity index (χ0v) is 12.1. The van der Waals surface area contributed by atoms with Gasteiger partial charge in [-0.25, -0.2) is 4.79 Å². The molecule has 1 aliphatic rings. The minimum Gasteiger partial charge on any atom is -0.469 e. The number of ether oxygens (including phenoxy) is 1. The Morgan fingerprint density at radius 1 is 1.35 bits per heavy atom. The van der Waals surface area contributed by atoms with Crippen LogP contribution in [0.15, 0.2) is 0 Å². The Balaban J connectivity index is 2.56. The number of imide groups is 1. The molecule has 0 spiro atoms. The van der Waals surface area contributed by atoms with E-state index in [2.05, 4.69) is 10.1 Å². The highest BCUT2D eigenvalue weighted by molar-refractivity contribution is 6.08. The number of hydrogen-bond acceptors (Lipinski definition) is 5. The van der Waals surface area contributed by atoms with Gasteiger partial charge in [0.25, 0.3) is 5.91 Å². The molecule has 0 aromatic heterocycles. The van der Waals surface area contributed by atoms with Gasteiger partial charge >= 0.3 is 12.0 Å². The van der Waals surface area contributed by atoms with Crippen LogP contribution in [-0.4, -0.2) is 66.4 Å². The lowest BCUT2D eigenvalue weighted by molar-refractivity contribution is -0.142. The molecule has 1 fully saturated rings. The van der Waals surface area contributed by atoms with E-state index < -0.39 is 29.4 Å². The topological polar surface area (TPSA) is 96.0 Å². The molecule has 8 heteroatoms. The maximum absolute atomic E-state index is 11.9. The monoisotopic (exact) mass is 285 g/mol. The van der Waals surface area contributed by atoms with Gasteiger partial charge in [-0.1, -0.05) is 0 Å². The molecule has 0 atom stereocenters. The number of hydrogen-bond donors (Lipinski definition) is 1. The molecular formula is C12H19N3O5. The van der Waals surface area contributed by atoms with Crippen molar-refractivity contribution in [1.29, 1.82) is 0 Å². The molecule has 0 unspecified atom stereocenters. The van der Waals surface area contributed by atoms with Crippen LogP contribution in [0, 0.1) is 0 Å². The van der Waals surface area contributed by atoms with Gasteiger partial charge in [0.05, 0.1) is 13.5 Å². The first-order valence-corrected chi connectivity index (χ1v) is 6.14. The Morgan fingerprint density at radius 2 is 1.95 bits per heavy atom. The van der Waals surface area contributed by atoms with Crippen LogP contribution < -0.4 is 5.32 Å².